The molecule has 1 nitrogen and oxygen atoms in total. The Morgan fingerprint density at radius 2 is 2.38 bits per heavy atom. The maximum absolute atomic E-state index is 6.41. The maximum atomic E-state index is 6.41. The fourth-order valence-electron chi connectivity index (χ4n) is 0.660. The van der Waals surface area contributed by atoms with Crippen molar-refractivity contribution in [1.29, 1.82) is 0 Å². The van der Waals surface area contributed by atoms with Gasteiger partial charge in [-0.3, -0.25) is 0 Å². The Labute approximate surface area is 49.8 Å². The molecule has 0 saturated heterocycles. The largest absolute Gasteiger partial charge is 0.246 e. The van der Waals surface area contributed by atoms with Gasteiger partial charge in [0.1, 0.15) is 6.20 Å². The van der Waals surface area contributed by atoms with Gasteiger partial charge in [0.2, 0.25) is 0 Å². The lowest BCUT2D eigenvalue weighted by molar-refractivity contribution is 0.863. The second-order valence-corrected chi connectivity index (χ2v) is 2.19. The van der Waals surface area contributed by atoms with Crippen LogP contribution in [0, 0.1) is 12.5 Å². The molecule has 0 atom stereocenters. The monoisotopic (exact) mass is 107 g/mol. The van der Waals surface area contributed by atoms with Crippen molar-refractivity contribution in [3.63, 3.8) is 0 Å². The highest BCUT2D eigenvalue weighted by Crippen LogP contribution is 2.32. The van der Waals surface area contributed by atoms with Gasteiger partial charge in [0, 0.05) is 0 Å². The van der Waals surface area contributed by atoms with Gasteiger partial charge in [-0.2, -0.15) is 0 Å². The van der Waals surface area contributed by atoms with Crippen LogP contribution >= 0.6 is 0 Å². The first-order valence-corrected chi connectivity index (χ1v) is 2.95. The molecule has 0 heterocycles. The molecule has 1 rings (SSSR count). The van der Waals surface area contributed by atoms with E-state index in [0.29, 0.717) is 0 Å². The lowest BCUT2D eigenvalue weighted by Gasteiger charge is -1.79. The Bertz CT molecular complexity index is 126. The van der Waals surface area contributed by atoms with Crippen molar-refractivity contribution < 1.29 is 0 Å². The third kappa shape index (κ3) is 1.79. The second-order valence-electron chi connectivity index (χ2n) is 2.19. The molecule has 0 N–H and O–H groups in total. The van der Waals surface area contributed by atoms with E-state index in [2.05, 4.69) is 4.85 Å². The van der Waals surface area contributed by atoms with Gasteiger partial charge < -0.3 is 0 Å². The van der Waals surface area contributed by atoms with Gasteiger partial charge in [-0.1, -0.05) is 6.08 Å². The minimum atomic E-state index is 0.924. The fraction of sp³-hybridized carbons (Fsp3) is 0.571. The van der Waals surface area contributed by atoms with Crippen LogP contribution in [0.3, 0.4) is 0 Å². The predicted molar refractivity (Wildman–Crippen MR) is 33.1 cm³/mol. The molecule has 1 heteroatoms. The van der Waals surface area contributed by atoms with E-state index in [0.717, 1.165) is 12.3 Å². The molecule has 0 unspecified atom stereocenters. The van der Waals surface area contributed by atoms with Crippen molar-refractivity contribution in [2.75, 3.05) is 0 Å². The van der Waals surface area contributed by atoms with Gasteiger partial charge in [-0.05, 0) is 25.2 Å². The Balaban J connectivity index is 2.04. The molecule has 0 aliphatic heterocycles. The maximum Gasteiger partial charge on any atom is 0.150 e. The summed E-state index contributed by atoms with van der Waals surface area (Å²) >= 11 is 0. The van der Waals surface area contributed by atoms with Crippen LogP contribution in [-0.2, 0) is 0 Å². The van der Waals surface area contributed by atoms with Crippen molar-refractivity contribution in [1.82, 2.24) is 0 Å². The molecular weight excluding hydrogens is 98.1 g/mol. The summed E-state index contributed by atoms with van der Waals surface area (Å²) < 4.78 is 0. The highest BCUT2D eigenvalue weighted by atomic mass is 14.6. The van der Waals surface area contributed by atoms with Crippen LogP contribution in [0.4, 0.5) is 0 Å². The molecule has 0 radical (unpaired) electrons. The zero-order chi connectivity index (χ0) is 5.82. The molecule has 0 aromatic rings. The van der Waals surface area contributed by atoms with Gasteiger partial charge in [0.25, 0.3) is 0 Å². The van der Waals surface area contributed by atoms with E-state index < -0.39 is 0 Å². The lowest BCUT2D eigenvalue weighted by Crippen LogP contribution is -1.65. The summed E-state index contributed by atoms with van der Waals surface area (Å²) in [5.41, 5.74) is 0. The molecule has 1 fully saturated rings. The van der Waals surface area contributed by atoms with Gasteiger partial charge in [-0.15, -0.1) is 0 Å². The fourth-order valence-corrected chi connectivity index (χ4v) is 0.660. The standard InChI is InChI=1S/C7H9N/c1-8-6-2-3-7-4-5-7/h2,6-7H,3-5H2/b6-2+. The van der Waals surface area contributed by atoms with Gasteiger partial charge in [0.05, 0.1) is 6.57 Å². The first-order chi connectivity index (χ1) is 3.93. The zero-order valence-electron chi connectivity index (χ0n) is 4.80. The molecule has 0 aromatic carbocycles. The van der Waals surface area contributed by atoms with Crippen molar-refractivity contribution in [3.05, 3.63) is 23.7 Å². The molecule has 8 heavy (non-hydrogen) atoms. The third-order valence-electron chi connectivity index (χ3n) is 1.35. The smallest absolute Gasteiger partial charge is 0.150 e. The van der Waals surface area contributed by atoms with Crippen LogP contribution in [0.15, 0.2) is 12.3 Å². The van der Waals surface area contributed by atoms with Gasteiger partial charge in [0.15, 0.2) is 0 Å². The van der Waals surface area contributed by atoms with E-state index in [1.165, 1.54) is 12.8 Å². The zero-order valence-corrected chi connectivity index (χ0v) is 4.80. The molecule has 0 spiro atoms. The highest BCUT2D eigenvalue weighted by molar-refractivity contribution is 4.93. The van der Waals surface area contributed by atoms with Crippen LogP contribution in [0.25, 0.3) is 4.85 Å². The molecule has 42 valence electrons. The molecule has 0 bridgehead atoms. The summed E-state index contributed by atoms with van der Waals surface area (Å²) in [7, 11) is 0. The van der Waals surface area contributed by atoms with Crippen molar-refractivity contribution in [2.45, 2.75) is 19.3 Å². The first kappa shape index (κ1) is 5.37. The Morgan fingerprint density at radius 3 is 2.88 bits per heavy atom. The van der Waals surface area contributed by atoms with E-state index in [-0.39, 0.29) is 0 Å². The van der Waals surface area contributed by atoms with Crippen LogP contribution < -0.4 is 0 Å². The summed E-state index contributed by atoms with van der Waals surface area (Å²) in [5.74, 6) is 0.924. The summed E-state index contributed by atoms with van der Waals surface area (Å²) in [6.45, 7) is 6.41. The minimum Gasteiger partial charge on any atom is -0.246 e. The average Bonchev–Trinajstić information content (AvgIpc) is 2.51. The van der Waals surface area contributed by atoms with Gasteiger partial charge in [-0.25, -0.2) is 4.85 Å². The predicted octanol–water partition coefficient (Wildman–Crippen LogP) is 2.22. The van der Waals surface area contributed by atoms with E-state index >= 15 is 0 Å². The van der Waals surface area contributed by atoms with Crippen molar-refractivity contribution in [3.8, 4) is 0 Å². The molecule has 1 aliphatic carbocycles. The lowest BCUT2D eigenvalue weighted by atomic mass is 10.3. The van der Waals surface area contributed by atoms with Crippen LogP contribution in [0.2, 0.25) is 0 Å². The summed E-state index contributed by atoms with van der Waals surface area (Å²) in [5, 5.41) is 0. The van der Waals surface area contributed by atoms with E-state index in [4.69, 9.17) is 6.57 Å². The number of rotatable bonds is 2. The van der Waals surface area contributed by atoms with Crippen LogP contribution in [-0.4, -0.2) is 0 Å². The number of hydrogen-bond acceptors (Lipinski definition) is 0. The highest BCUT2D eigenvalue weighted by Gasteiger charge is 2.18. The Morgan fingerprint density at radius 1 is 1.62 bits per heavy atom. The molecule has 0 aromatic heterocycles. The minimum absolute atomic E-state index is 0.924. The third-order valence-corrected chi connectivity index (χ3v) is 1.35. The van der Waals surface area contributed by atoms with Crippen molar-refractivity contribution >= 4 is 0 Å². The first-order valence-electron chi connectivity index (χ1n) is 2.95. The van der Waals surface area contributed by atoms with E-state index in [1.807, 2.05) is 6.08 Å². The molecule has 0 amide bonds. The summed E-state index contributed by atoms with van der Waals surface area (Å²) in [6.07, 6.45) is 7.40. The van der Waals surface area contributed by atoms with E-state index in [9.17, 15) is 0 Å². The van der Waals surface area contributed by atoms with Gasteiger partial charge >= 0.3 is 0 Å². The SMILES string of the molecule is [C-]#[N+]/C=C/CC1CC1. The second kappa shape index (κ2) is 2.52. The Kier molecular flexibility index (Phi) is 1.69. The quantitative estimate of drug-likeness (QED) is 0.476. The van der Waals surface area contributed by atoms with Crippen LogP contribution in [0.1, 0.15) is 19.3 Å². The number of hydrogen-bond donors (Lipinski definition) is 0. The number of nitrogens with zero attached hydrogens (tertiary/aromatic N) is 1. The molecule has 1 aliphatic rings. The van der Waals surface area contributed by atoms with E-state index in [1.54, 1.807) is 6.20 Å². The summed E-state index contributed by atoms with van der Waals surface area (Å²) in [4.78, 5) is 3.10. The van der Waals surface area contributed by atoms with Crippen LogP contribution in [0.5, 0.6) is 0 Å². The average molecular weight is 107 g/mol. The molecular formula is C7H9N. The topological polar surface area (TPSA) is 4.36 Å². The normalized spacial score (nSPS) is 18.9. The van der Waals surface area contributed by atoms with Crippen molar-refractivity contribution in [2.24, 2.45) is 5.92 Å². The summed E-state index contributed by atoms with van der Waals surface area (Å²) in [6, 6.07) is 0. The molecule has 1 saturated carbocycles. The Hall–Kier alpha value is -0.770. The number of allylic oxidation sites excluding steroid dienone is 1.